The smallest absolute Gasteiger partial charge is 0.254 e. The molecule has 0 radical (unpaired) electrons. The van der Waals surface area contributed by atoms with Gasteiger partial charge in [0.15, 0.2) is 5.75 Å². The topological polar surface area (TPSA) is 38.8 Å². The molecule has 0 aromatic heterocycles. The van der Waals surface area contributed by atoms with Gasteiger partial charge in [0.2, 0.25) is 0 Å². The zero-order valence-electron chi connectivity index (χ0n) is 12.5. The van der Waals surface area contributed by atoms with Gasteiger partial charge in [0, 0.05) is 30.7 Å². The molecule has 1 heterocycles. The van der Waals surface area contributed by atoms with Gasteiger partial charge in [-0.3, -0.25) is 4.79 Å². The summed E-state index contributed by atoms with van der Waals surface area (Å²) in [6, 6.07) is 3.61. The Morgan fingerprint density at radius 2 is 2.00 bits per heavy atom. The highest BCUT2D eigenvalue weighted by atomic mass is 35.5. The summed E-state index contributed by atoms with van der Waals surface area (Å²) in [5.41, 5.74) is 0.515. The van der Waals surface area contributed by atoms with Crippen LogP contribution in [0.5, 0.6) is 5.75 Å². The van der Waals surface area contributed by atoms with Crippen molar-refractivity contribution >= 4 is 29.1 Å². The molecule has 6 heteroatoms. The molecule has 1 amide bonds. The zero-order chi connectivity index (χ0) is 15.7. The second-order valence-corrected chi connectivity index (χ2v) is 6.71. The van der Waals surface area contributed by atoms with Gasteiger partial charge >= 0.3 is 0 Å². The fraction of sp³-hybridized carbons (Fsp3) is 0.562. The first-order valence-electron chi connectivity index (χ1n) is 7.52. The van der Waals surface area contributed by atoms with Crippen LogP contribution in [0.3, 0.4) is 0 Å². The summed E-state index contributed by atoms with van der Waals surface area (Å²) in [5, 5.41) is 0.719. The molecule has 22 heavy (non-hydrogen) atoms. The van der Waals surface area contributed by atoms with Crippen molar-refractivity contribution in [3.63, 3.8) is 0 Å². The van der Waals surface area contributed by atoms with Crippen LogP contribution in [0.1, 0.15) is 29.6 Å². The van der Waals surface area contributed by atoms with Crippen LogP contribution in [-0.2, 0) is 4.74 Å². The van der Waals surface area contributed by atoms with Gasteiger partial charge in [-0.2, -0.15) is 0 Å². The predicted molar refractivity (Wildman–Crippen MR) is 86.0 cm³/mol. The van der Waals surface area contributed by atoms with Gasteiger partial charge in [0.1, 0.15) is 0 Å². The van der Waals surface area contributed by atoms with Crippen LogP contribution in [0, 0.1) is 5.92 Å². The first-order chi connectivity index (χ1) is 10.6. The summed E-state index contributed by atoms with van der Waals surface area (Å²) in [4.78, 5) is 14.8. The largest absolute Gasteiger partial charge is 0.494 e. The summed E-state index contributed by atoms with van der Waals surface area (Å²) in [5.74, 6) is 0.816. The molecule has 0 N–H and O–H groups in total. The second kappa shape index (κ2) is 6.65. The fourth-order valence-corrected chi connectivity index (χ4v) is 3.48. The number of halogens is 2. The molecule has 3 rings (SSSR count). The van der Waals surface area contributed by atoms with E-state index in [2.05, 4.69) is 0 Å². The van der Waals surface area contributed by atoms with Crippen molar-refractivity contribution in [1.82, 2.24) is 4.90 Å². The molecular formula is C16H19Cl2NO3. The van der Waals surface area contributed by atoms with Crippen molar-refractivity contribution in [2.24, 2.45) is 5.92 Å². The number of methoxy groups -OCH3 is 1. The van der Waals surface area contributed by atoms with Crippen molar-refractivity contribution in [1.29, 1.82) is 0 Å². The monoisotopic (exact) mass is 343 g/mol. The number of rotatable bonds is 5. The maximum absolute atomic E-state index is 12.8. The minimum Gasteiger partial charge on any atom is -0.494 e. The first-order valence-corrected chi connectivity index (χ1v) is 8.27. The third-order valence-electron chi connectivity index (χ3n) is 4.18. The van der Waals surface area contributed by atoms with Crippen LogP contribution in [0.2, 0.25) is 10.0 Å². The van der Waals surface area contributed by atoms with E-state index in [1.807, 2.05) is 4.90 Å². The summed E-state index contributed by atoms with van der Waals surface area (Å²) < 4.78 is 10.5. The van der Waals surface area contributed by atoms with Crippen molar-refractivity contribution in [3.8, 4) is 5.75 Å². The van der Waals surface area contributed by atoms with Crippen LogP contribution >= 0.6 is 23.2 Å². The number of hydrogen-bond donors (Lipinski definition) is 0. The van der Waals surface area contributed by atoms with Crippen molar-refractivity contribution < 1.29 is 14.3 Å². The Labute approximate surface area is 140 Å². The van der Waals surface area contributed by atoms with E-state index in [4.69, 9.17) is 32.7 Å². The molecule has 1 aromatic carbocycles. The summed E-state index contributed by atoms with van der Waals surface area (Å²) in [6.45, 7) is 2.27. The molecular weight excluding hydrogens is 325 g/mol. The molecule has 2 aliphatic rings. The van der Waals surface area contributed by atoms with Gasteiger partial charge in [-0.05, 0) is 31.4 Å². The maximum atomic E-state index is 12.8. The molecule has 1 saturated heterocycles. The average molecular weight is 344 g/mol. The number of carbonyl (C=O) groups is 1. The Balaban J connectivity index is 1.80. The number of carbonyl (C=O) groups excluding carboxylic acids is 1. The number of amides is 1. The predicted octanol–water partition coefficient (Wildman–Crippen LogP) is 3.64. The van der Waals surface area contributed by atoms with Crippen LogP contribution in [0.25, 0.3) is 0 Å². The lowest BCUT2D eigenvalue weighted by Gasteiger charge is -2.25. The van der Waals surface area contributed by atoms with Gasteiger partial charge in [0.05, 0.1) is 23.8 Å². The van der Waals surface area contributed by atoms with Crippen LogP contribution < -0.4 is 4.74 Å². The SMILES string of the molecule is COc1c(Cl)cc(C(=O)N(C[C@@H]2CCOC2)C2CC2)cc1Cl. The van der Waals surface area contributed by atoms with E-state index in [0.29, 0.717) is 33.3 Å². The molecule has 0 bridgehead atoms. The van der Waals surface area contributed by atoms with Crippen LogP contribution in [-0.4, -0.2) is 43.7 Å². The van der Waals surface area contributed by atoms with E-state index in [1.54, 1.807) is 12.1 Å². The summed E-state index contributed by atoms with van der Waals surface area (Å²) in [6.07, 6.45) is 3.15. The molecule has 1 atom stereocenters. The van der Waals surface area contributed by atoms with E-state index in [9.17, 15) is 4.79 Å². The number of nitrogens with zero attached hydrogens (tertiary/aromatic N) is 1. The third-order valence-corrected chi connectivity index (χ3v) is 4.74. The van der Waals surface area contributed by atoms with Gasteiger partial charge in [0.25, 0.3) is 5.91 Å². The lowest BCUT2D eigenvalue weighted by Crippen LogP contribution is -2.37. The highest BCUT2D eigenvalue weighted by Gasteiger charge is 2.35. The molecule has 0 unspecified atom stereocenters. The summed E-state index contributed by atoms with van der Waals surface area (Å²) in [7, 11) is 1.51. The number of benzene rings is 1. The molecule has 2 fully saturated rings. The fourth-order valence-electron chi connectivity index (χ4n) is 2.83. The van der Waals surface area contributed by atoms with Gasteiger partial charge < -0.3 is 14.4 Å². The van der Waals surface area contributed by atoms with Crippen molar-refractivity contribution in [3.05, 3.63) is 27.7 Å². The first kappa shape index (κ1) is 15.9. The molecule has 1 aromatic rings. The standard InChI is InChI=1S/C16H19Cl2NO3/c1-21-15-13(17)6-11(7-14(15)18)16(20)19(12-2-3-12)8-10-4-5-22-9-10/h6-7,10,12H,2-5,8-9H2,1H3/t10-/m0/s1. The molecule has 1 aliphatic heterocycles. The zero-order valence-corrected chi connectivity index (χ0v) is 14.0. The Kier molecular flexibility index (Phi) is 4.81. The second-order valence-electron chi connectivity index (χ2n) is 5.89. The van der Waals surface area contributed by atoms with Gasteiger partial charge in [-0.25, -0.2) is 0 Å². The van der Waals surface area contributed by atoms with Crippen molar-refractivity contribution in [2.45, 2.75) is 25.3 Å². The normalized spacial score (nSPS) is 21.0. The molecule has 4 nitrogen and oxygen atoms in total. The van der Waals surface area contributed by atoms with Gasteiger partial charge in [-0.15, -0.1) is 0 Å². The van der Waals surface area contributed by atoms with Crippen LogP contribution in [0.4, 0.5) is 0 Å². The maximum Gasteiger partial charge on any atom is 0.254 e. The number of ether oxygens (including phenoxy) is 2. The van der Waals surface area contributed by atoms with E-state index in [-0.39, 0.29) is 5.91 Å². The Morgan fingerprint density at radius 1 is 1.32 bits per heavy atom. The minimum atomic E-state index is -0.0131. The summed E-state index contributed by atoms with van der Waals surface area (Å²) >= 11 is 12.3. The highest BCUT2D eigenvalue weighted by Crippen LogP contribution is 2.36. The molecule has 120 valence electrons. The molecule has 1 aliphatic carbocycles. The quantitative estimate of drug-likeness (QED) is 0.819. The van der Waals surface area contributed by atoms with E-state index in [1.165, 1.54) is 7.11 Å². The Bertz CT molecular complexity index is 546. The van der Waals surface area contributed by atoms with E-state index >= 15 is 0 Å². The third kappa shape index (κ3) is 3.34. The van der Waals surface area contributed by atoms with Crippen LogP contribution in [0.15, 0.2) is 12.1 Å². The minimum absolute atomic E-state index is 0.0131. The Morgan fingerprint density at radius 3 is 2.50 bits per heavy atom. The molecule has 0 spiro atoms. The van der Waals surface area contributed by atoms with E-state index < -0.39 is 0 Å². The van der Waals surface area contributed by atoms with E-state index in [0.717, 1.165) is 39.0 Å². The lowest BCUT2D eigenvalue weighted by molar-refractivity contribution is 0.0706. The average Bonchev–Trinajstić information content (AvgIpc) is 3.20. The van der Waals surface area contributed by atoms with Gasteiger partial charge in [-0.1, -0.05) is 23.2 Å². The lowest BCUT2D eigenvalue weighted by atomic mass is 10.1. The Hall–Kier alpha value is -0.970. The van der Waals surface area contributed by atoms with Crippen molar-refractivity contribution in [2.75, 3.05) is 26.9 Å². The highest BCUT2D eigenvalue weighted by molar-refractivity contribution is 6.37. The molecule has 1 saturated carbocycles. The number of hydrogen-bond acceptors (Lipinski definition) is 3.